The molecule has 0 aliphatic heterocycles. The molecule has 0 atom stereocenters. The predicted molar refractivity (Wildman–Crippen MR) is 122 cm³/mol. The highest BCUT2D eigenvalue weighted by Crippen LogP contribution is 2.29. The van der Waals surface area contributed by atoms with Crippen molar-refractivity contribution in [3.05, 3.63) is 89.5 Å². The third-order valence-electron chi connectivity index (χ3n) is 4.76. The molecule has 3 aromatic rings. The number of rotatable bonds is 10. The molecular formula is C26H29NO3. The van der Waals surface area contributed by atoms with Crippen LogP contribution >= 0.6 is 0 Å². The summed E-state index contributed by atoms with van der Waals surface area (Å²) in [5, 5.41) is 3.05. The fourth-order valence-corrected chi connectivity index (χ4v) is 3.17. The first kappa shape index (κ1) is 21.4. The quantitative estimate of drug-likeness (QED) is 0.416. The fourth-order valence-electron chi connectivity index (χ4n) is 3.17. The molecule has 0 aliphatic rings. The van der Waals surface area contributed by atoms with Gasteiger partial charge in [-0.3, -0.25) is 4.79 Å². The van der Waals surface area contributed by atoms with Gasteiger partial charge in [0.2, 0.25) is 0 Å². The molecule has 156 valence electrons. The number of ether oxygens (including phenoxy) is 2. The van der Waals surface area contributed by atoms with Crippen LogP contribution < -0.4 is 14.8 Å². The fraction of sp³-hybridized carbons (Fsp3) is 0.269. The Kier molecular flexibility index (Phi) is 7.90. The number of hydrogen-bond acceptors (Lipinski definition) is 3. The lowest BCUT2D eigenvalue weighted by molar-refractivity contribution is 0.102. The van der Waals surface area contributed by atoms with E-state index in [0.29, 0.717) is 30.3 Å². The van der Waals surface area contributed by atoms with Crippen molar-refractivity contribution in [1.29, 1.82) is 0 Å². The Hall–Kier alpha value is -3.27. The van der Waals surface area contributed by atoms with Gasteiger partial charge in [0.1, 0.15) is 0 Å². The molecule has 30 heavy (non-hydrogen) atoms. The van der Waals surface area contributed by atoms with E-state index in [9.17, 15) is 4.79 Å². The summed E-state index contributed by atoms with van der Waals surface area (Å²) >= 11 is 0. The summed E-state index contributed by atoms with van der Waals surface area (Å²) in [4.78, 5) is 12.9. The Bertz CT molecular complexity index is 954. The zero-order chi connectivity index (χ0) is 21.2. The van der Waals surface area contributed by atoms with E-state index in [-0.39, 0.29) is 5.91 Å². The molecule has 0 saturated carbocycles. The Morgan fingerprint density at radius 1 is 0.867 bits per heavy atom. The number of carbonyl (C=O) groups is 1. The van der Waals surface area contributed by atoms with Gasteiger partial charge in [-0.05, 0) is 55.2 Å². The minimum absolute atomic E-state index is 0.170. The van der Waals surface area contributed by atoms with E-state index in [4.69, 9.17) is 9.47 Å². The molecule has 1 N–H and O–H groups in total. The van der Waals surface area contributed by atoms with Gasteiger partial charge >= 0.3 is 0 Å². The summed E-state index contributed by atoms with van der Waals surface area (Å²) < 4.78 is 11.5. The first-order valence-electron chi connectivity index (χ1n) is 10.5. The van der Waals surface area contributed by atoms with E-state index in [0.717, 1.165) is 30.5 Å². The van der Waals surface area contributed by atoms with E-state index in [2.05, 4.69) is 24.4 Å². The third-order valence-corrected chi connectivity index (χ3v) is 4.76. The predicted octanol–water partition coefficient (Wildman–Crippen LogP) is 6.11. The molecule has 0 radical (unpaired) electrons. The highest BCUT2D eigenvalue weighted by atomic mass is 16.5. The van der Waals surface area contributed by atoms with Crippen LogP contribution in [0.15, 0.2) is 72.8 Å². The van der Waals surface area contributed by atoms with Gasteiger partial charge < -0.3 is 14.8 Å². The van der Waals surface area contributed by atoms with Crippen LogP contribution in [-0.2, 0) is 6.42 Å². The minimum atomic E-state index is -0.170. The van der Waals surface area contributed by atoms with Crippen LogP contribution in [0.4, 0.5) is 5.69 Å². The van der Waals surface area contributed by atoms with Crippen molar-refractivity contribution in [3.63, 3.8) is 0 Å². The number of anilines is 1. The van der Waals surface area contributed by atoms with Gasteiger partial charge in [-0.25, -0.2) is 0 Å². The lowest BCUT2D eigenvalue weighted by atomic mass is 10.0. The molecule has 4 nitrogen and oxygen atoms in total. The Balaban J connectivity index is 1.76. The van der Waals surface area contributed by atoms with Crippen LogP contribution in [0.25, 0.3) is 0 Å². The maximum atomic E-state index is 12.9. The van der Waals surface area contributed by atoms with Crippen molar-refractivity contribution in [1.82, 2.24) is 0 Å². The van der Waals surface area contributed by atoms with Gasteiger partial charge in [0, 0.05) is 11.3 Å². The zero-order valence-electron chi connectivity index (χ0n) is 17.7. The molecule has 0 bridgehead atoms. The number of carbonyl (C=O) groups excluding carboxylic acids is 1. The highest BCUT2D eigenvalue weighted by molar-refractivity contribution is 6.05. The van der Waals surface area contributed by atoms with Crippen molar-refractivity contribution in [2.45, 2.75) is 33.1 Å². The van der Waals surface area contributed by atoms with E-state index >= 15 is 0 Å². The van der Waals surface area contributed by atoms with Gasteiger partial charge in [0.25, 0.3) is 5.91 Å². The van der Waals surface area contributed by atoms with Crippen LogP contribution in [0.3, 0.4) is 0 Å². The molecule has 4 heteroatoms. The first-order valence-corrected chi connectivity index (χ1v) is 10.5. The number of nitrogens with one attached hydrogen (secondary N) is 1. The van der Waals surface area contributed by atoms with Crippen molar-refractivity contribution in [2.75, 3.05) is 18.5 Å². The lowest BCUT2D eigenvalue weighted by Gasteiger charge is -2.14. The van der Waals surface area contributed by atoms with Gasteiger partial charge in [0.05, 0.1) is 13.2 Å². The van der Waals surface area contributed by atoms with E-state index < -0.39 is 0 Å². The average Bonchev–Trinajstić information content (AvgIpc) is 2.77. The van der Waals surface area contributed by atoms with Crippen molar-refractivity contribution in [2.24, 2.45) is 0 Å². The number of unbranched alkanes of at least 4 members (excludes halogenated alkanes) is 1. The standard InChI is InChI=1S/C26H29NO3/c1-3-5-17-30-24-16-15-22(19-25(24)29-4-2)26(28)27-23-14-10-9-13-21(23)18-20-11-7-6-8-12-20/h6-16,19H,3-5,17-18H2,1-2H3,(H,27,28). The van der Waals surface area contributed by atoms with Crippen molar-refractivity contribution >= 4 is 11.6 Å². The van der Waals surface area contributed by atoms with Crippen molar-refractivity contribution in [3.8, 4) is 11.5 Å². The smallest absolute Gasteiger partial charge is 0.255 e. The monoisotopic (exact) mass is 403 g/mol. The molecular weight excluding hydrogens is 374 g/mol. The molecule has 0 spiro atoms. The minimum Gasteiger partial charge on any atom is -0.490 e. The van der Waals surface area contributed by atoms with Gasteiger partial charge in [-0.15, -0.1) is 0 Å². The largest absolute Gasteiger partial charge is 0.490 e. The van der Waals surface area contributed by atoms with E-state index in [1.54, 1.807) is 12.1 Å². The second-order valence-corrected chi connectivity index (χ2v) is 7.07. The van der Waals surface area contributed by atoms with Crippen LogP contribution in [-0.4, -0.2) is 19.1 Å². The average molecular weight is 404 g/mol. The molecule has 0 aliphatic carbocycles. The second-order valence-electron chi connectivity index (χ2n) is 7.07. The van der Waals surface area contributed by atoms with E-state index in [1.807, 2.05) is 55.5 Å². The topological polar surface area (TPSA) is 47.6 Å². The zero-order valence-corrected chi connectivity index (χ0v) is 17.7. The second kappa shape index (κ2) is 11.1. The molecule has 1 amide bonds. The molecule has 3 aromatic carbocycles. The third kappa shape index (κ3) is 5.86. The number of amides is 1. The summed E-state index contributed by atoms with van der Waals surface area (Å²) in [5.74, 6) is 1.10. The van der Waals surface area contributed by atoms with Crippen LogP contribution in [0, 0.1) is 0 Å². The van der Waals surface area contributed by atoms with E-state index in [1.165, 1.54) is 5.56 Å². The SMILES string of the molecule is CCCCOc1ccc(C(=O)Nc2ccccc2Cc2ccccc2)cc1OCC. The van der Waals surface area contributed by atoms with Gasteiger partial charge in [-0.2, -0.15) is 0 Å². The summed E-state index contributed by atoms with van der Waals surface area (Å²) in [6.45, 7) is 5.18. The maximum absolute atomic E-state index is 12.9. The normalized spacial score (nSPS) is 10.5. The van der Waals surface area contributed by atoms with Crippen molar-refractivity contribution < 1.29 is 14.3 Å². The van der Waals surface area contributed by atoms with Gasteiger partial charge in [0.15, 0.2) is 11.5 Å². The first-order chi connectivity index (χ1) is 14.7. The summed E-state index contributed by atoms with van der Waals surface area (Å²) in [6, 6.07) is 23.5. The number of hydrogen-bond donors (Lipinski definition) is 1. The van der Waals surface area contributed by atoms with Gasteiger partial charge in [-0.1, -0.05) is 61.9 Å². The number of para-hydroxylation sites is 1. The highest BCUT2D eigenvalue weighted by Gasteiger charge is 2.13. The van der Waals surface area contributed by atoms with Crippen LogP contribution in [0.5, 0.6) is 11.5 Å². The summed E-state index contributed by atoms with van der Waals surface area (Å²) in [5.41, 5.74) is 3.62. The molecule has 3 rings (SSSR count). The van der Waals surface area contributed by atoms with Crippen LogP contribution in [0.2, 0.25) is 0 Å². The molecule has 0 unspecified atom stereocenters. The Morgan fingerprint density at radius 2 is 1.63 bits per heavy atom. The maximum Gasteiger partial charge on any atom is 0.255 e. The Labute approximate surface area is 178 Å². The summed E-state index contributed by atoms with van der Waals surface area (Å²) in [6.07, 6.45) is 2.80. The molecule has 0 fully saturated rings. The molecule has 0 saturated heterocycles. The van der Waals surface area contributed by atoms with Crippen LogP contribution in [0.1, 0.15) is 48.2 Å². The molecule has 0 heterocycles. The Morgan fingerprint density at radius 3 is 2.40 bits per heavy atom. The number of benzene rings is 3. The lowest BCUT2D eigenvalue weighted by Crippen LogP contribution is -2.14. The summed E-state index contributed by atoms with van der Waals surface area (Å²) in [7, 11) is 0. The molecule has 0 aromatic heterocycles.